The third-order valence-corrected chi connectivity index (χ3v) is 3.34. The monoisotopic (exact) mass is 293 g/mol. The summed E-state index contributed by atoms with van der Waals surface area (Å²) in [5.41, 5.74) is 9.96. The van der Waals surface area contributed by atoms with Crippen molar-refractivity contribution >= 4 is 21.6 Å². The number of H-pyrrole nitrogens is 1. The third kappa shape index (κ3) is 2.36. The second kappa shape index (κ2) is 4.53. The van der Waals surface area contributed by atoms with E-state index < -0.39 is 0 Å². The van der Waals surface area contributed by atoms with Crippen LogP contribution in [0.4, 0.5) is 5.69 Å². The van der Waals surface area contributed by atoms with E-state index in [0.29, 0.717) is 5.92 Å². The topological polar surface area (TPSA) is 54.7 Å². The summed E-state index contributed by atoms with van der Waals surface area (Å²) in [5, 5.41) is 0. The molecule has 0 spiro atoms. The Labute approximate surface area is 110 Å². The van der Waals surface area contributed by atoms with E-state index in [9.17, 15) is 0 Å². The minimum Gasteiger partial charge on any atom is -0.398 e. The van der Waals surface area contributed by atoms with Crippen molar-refractivity contribution in [3.05, 3.63) is 34.1 Å². The smallest absolute Gasteiger partial charge is 0.137 e. The standard InChI is InChI=1S/C13H16BrN3/c1-7(2)12-6-16-13(17-12)10-4-9(14)5-11(15)8(10)3/h4-7H,15H2,1-3H3,(H,16,17). The molecule has 0 unspecified atom stereocenters. The molecule has 1 aromatic heterocycles. The van der Waals surface area contributed by atoms with Gasteiger partial charge in [-0.2, -0.15) is 0 Å². The van der Waals surface area contributed by atoms with Crippen LogP contribution in [0.25, 0.3) is 11.4 Å². The summed E-state index contributed by atoms with van der Waals surface area (Å²) in [5.74, 6) is 1.32. The van der Waals surface area contributed by atoms with E-state index >= 15 is 0 Å². The minimum atomic E-state index is 0.445. The fraction of sp³-hybridized carbons (Fsp3) is 0.308. The van der Waals surface area contributed by atoms with Crippen molar-refractivity contribution in [3.63, 3.8) is 0 Å². The normalized spacial score (nSPS) is 11.1. The third-order valence-electron chi connectivity index (χ3n) is 2.89. The van der Waals surface area contributed by atoms with Crippen LogP contribution in [-0.4, -0.2) is 9.97 Å². The molecule has 1 aromatic carbocycles. The van der Waals surface area contributed by atoms with Crippen LogP contribution >= 0.6 is 15.9 Å². The Morgan fingerprint density at radius 2 is 2.06 bits per heavy atom. The van der Waals surface area contributed by atoms with Crippen molar-refractivity contribution in [2.24, 2.45) is 0 Å². The summed E-state index contributed by atoms with van der Waals surface area (Å²) < 4.78 is 0.970. The molecule has 2 rings (SSSR count). The first-order valence-electron chi connectivity index (χ1n) is 5.60. The number of aromatic nitrogens is 2. The molecule has 4 heteroatoms. The number of hydrogen-bond donors (Lipinski definition) is 2. The second-order valence-corrected chi connectivity index (χ2v) is 5.43. The van der Waals surface area contributed by atoms with Crippen LogP contribution in [0.3, 0.4) is 0 Å². The number of nitrogen functional groups attached to an aromatic ring is 1. The number of halogens is 1. The van der Waals surface area contributed by atoms with Crippen LogP contribution in [0.15, 0.2) is 22.8 Å². The SMILES string of the molecule is Cc1c(N)cc(Br)cc1-c1ncc(C(C)C)[nH]1. The minimum absolute atomic E-state index is 0.445. The quantitative estimate of drug-likeness (QED) is 0.826. The molecule has 0 atom stereocenters. The molecule has 0 saturated carbocycles. The summed E-state index contributed by atoms with van der Waals surface area (Å²) in [7, 11) is 0. The molecule has 1 heterocycles. The number of nitrogens with two attached hydrogens (primary N) is 1. The molecule has 2 aromatic rings. The molecule has 17 heavy (non-hydrogen) atoms. The van der Waals surface area contributed by atoms with Gasteiger partial charge in [0, 0.05) is 27.6 Å². The summed E-state index contributed by atoms with van der Waals surface area (Å²) in [6.45, 7) is 6.29. The lowest BCUT2D eigenvalue weighted by Gasteiger charge is -2.07. The van der Waals surface area contributed by atoms with Gasteiger partial charge in [-0.1, -0.05) is 29.8 Å². The fourth-order valence-electron chi connectivity index (χ4n) is 1.71. The van der Waals surface area contributed by atoms with E-state index in [2.05, 4.69) is 39.7 Å². The van der Waals surface area contributed by atoms with Crippen molar-refractivity contribution in [1.82, 2.24) is 9.97 Å². The van der Waals surface area contributed by atoms with Crippen LogP contribution in [0.5, 0.6) is 0 Å². The molecule has 3 N–H and O–H groups in total. The highest BCUT2D eigenvalue weighted by Gasteiger charge is 2.11. The number of nitrogens with zero attached hydrogens (tertiary/aromatic N) is 1. The maximum atomic E-state index is 5.95. The maximum absolute atomic E-state index is 5.95. The second-order valence-electron chi connectivity index (χ2n) is 4.51. The Kier molecular flexibility index (Phi) is 3.24. The lowest BCUT2D eigenvalue weighted by Crippen LogP contribution is -1.94. The largest absolute Gasteiger partial charge is 0.398 e. The highest BCUT2D eigenvalue weighted by molar-refractivity contribution is 9.10. The van der Waals surface area contributed by atoms with E-state index in [1.54, 1.807) is 0 Å². The summed E-state index contributed by atoms with van der Waals surface area (Å²) in [4.78, 5) is 7.76. The van der Waals surface area contributed by atoms with Gasteiger partial charge in [-0.3, -0.25) is 0 Å². The zero-order valence-electron chi connectivity index (χ0n) is 10.2. The Hall–Kier alpha value is -1.29. The first kappa shape index (κ1) is 12.2. The Morgan fingerprint density at radius 1 is 1.35 bits per heavy atom. The van der Waals surface area contributed by atoms with E-state index in [0.717, 1.165) is 32.8 Å². The number of aromatic amines is 1. The van der Waals surface area contributed by atoms with Gasteiger partial charge in [-0.15, -0.1) is 0 Å². The van der Waals surface area contributed by atoms with Crippen LogP contribution < -0.4 is 5.73 Å². The number of hydrogen-bond acceptors (Lipinski definition) is 2. The lowest BCUT2D eigenvalue weighted by molar-refractivity contribution is 0.833. The molecule has 0 fully saturated rings. The molecule has 0 aliphatic heterocycles. The zero-order chi connectivity index (χ0) is 12.6. The lowest BCUT2D eigenvalue weighted by atomic mass is 10.1. The highest BCUT2D eigenvalue weighted by Crippen LogP contribution is 2.30. The molecular weight excluding hydrogens is 278 g/mol. The van der Waals surface area contributed by atoms with Gasteiger partial charge in [0.05, 0.1) is 0 Å². The molecule has 3 nitrogen and oxygen atoms in total. The van der Waals surface area contributed by atoms with Crippen LogP contribution in [0.2, 0.25) is 0 Å². The molecule has 0 radical (unpaired) electrons. The predicted octanol–water partition coefficient (Wildman–Crippen LogP) is 3.85. The average Bonchev–Trinajstić information content (AvgIpc) is 2.72. The van der Waals surface area contributed by atoms with Gasteiger partial charge < -0.3 is 10.7 Å². The van der Waals surface area contributed by atoms with Gasteiger partial charge in [-0.05, 0) is 30.5 Å². The summed E-state index contributed by atoms with van der Waals surface area (Å²) in [6.07, 6.45) is 1.89. The molecule has 0 bridgehead atoms. The first-order valence-corrected chi connectivity index (χ1v) is 6.39. The number of nitrogens with one attached hydrogen (secondary N) is 1. The number of anilines is 1. The van der Waals surface area contributed by atoms with Crippen LogP contribution in [0, 0.1) is 6.92 Å². The van der Waals surface area contributed by atoms with Gasteiger partial charge >= 0.3 is 0 Å². The highest BCUT2D eigenvalue weighted by atomic mass is 79.9. The van der Waals surface area contributed by atoms with Crippen molar-refractivity contribution in [1.29, 1.82) is 0 Å². The van der Waals surface area contributed by atoms with E-state index in [-0.39, 0.29) is 0 Å². The Balaban J connectivity index is 2.52. The van der Waals surface area contributed by atoms with E-state index in [4.69, 9.17) is 5.73 Å². The van der Waals surface area contributed by atoms with Crippen molar-refractivity contribution in [2.75, 3.05) is 5.73 Å². The van der Waals surface area contributed by atoms with Gasteiger partial charge in [0.2, 0.25) is 0 Å². The van der Waals surface area contributed by atoms with E-state index in [1.807, 2.05) is 25.3 Å². The fourth-order valence-corrected chi connectivity index (χ4v) is 2.19. The average molecular weight is 294 g/mol. The van der Waals surface area contributed by atoms with Gasteiger partial charge in [0.1, 0.15) is 5.82 Å². The molecule has 0 aliphatic carbocycles. The molecule has 0 aliphatic rings. The summed E-state index contributed by atoms with van der Waals surface area (Å²) >= 11 is 3.46. The van der Waals surface area contributed by atoms with Crippen molar-refractivity contribution < 1.29 is 0 Å². The van der Waals surface area contributed by atoms with Crippen molar-refractivity contribution in [3.8, 4) is 11.4 Å². The summed E-state index contributed by atoms with van der Waals surface area (Å²) in [6, 6.07) is 3.94. The molecular formula is C13H16BrN3. The van der Waals surface area contributed by atoms with Gasteiger partial charge in [-0.25, -0.2) is 4.98 Å². The van der Waals surface area contributed by atoms with E-state index in [1.165, 1.54) is 0 Å². The molecule has 0 saturated heterocycles. The van der Waals surface area contributed by atoms with Gasteiger partial charge in [0.25, 0.3) is 0 Å². The molecule has 0 amide bonds. The Bertz CT molecular complexity index is 544. The van der Waals surface area contributed by atoms with Crippen LogP contribution in [0.1, 0.15) is 31.0 Å². The number of benzene rings is 1. The Morgan fingerprint density at radius 3 is 2.65 bits per heavy atom. The van der Waals surface area contributed by atoms with Crippen molar-refractivity contribution in [2.45, 2.75) is 26.7 Å². The zero-order valence-corrected chi connectivity index (χ0v) is 11.8. The maximum Gasteiger partial charge on any atom is 0.137 e. The number of rotatable bonds is 2. The number of imidazole rings is 1. The molecule has 90 valence electrons. The van der Waals surface area contributed by atoms with Gasteiger partial charge in [0.15, 0.2) is 0 Å². The van der Waals surface area contributed by atoms with Crippen LogP contribution in [-0.2, 0) is 0 Å². The predicted molar refractivity (Wildman–Crippen MR) is 75.0 cm³/mol. The first-order chi connectivity index (χ1) is 7.99.